The fourth-order valence-electron chi connectivity index (χ4n) is 2.98. The molecule has 0 saturated carbocycles. The smallest absolute Gasteiger partial charge is 0.251 e. The average Bonchev–Trinajstić information content (AvgIpc) is 2.95. The van der Waals surface area contributed by atoms with Crippen LogP contribution < -0.4 is 10.6 Å². The number of fused-ring (bicyclic) bond motifs is 1. The Morgan fingerprint density at radius 2 is 2.25 bits per heavy atom. The van der Waals surface area contributed by atoms with Crippen LogP contribution in [0.15, 0.2) is 18.2 Å². The van der Waals surface area contributed by atoms with Crippen molar-refractivity contribution in [3.63, 3.8) is 0 Å². The molecule has 0 aliphatic carbocycles. The molecule has 1 aromatic rings. The first-order chi connectivity index (χ1) is 9.83. The maximum Gasteiger partial charge on any atom is 0.251 e. The van der Waals surface area contributed by atoms with Gasteiger partial charge in [0.25, 0.3) is 5.91 Å². The standard InChI is InChI=1S/C16H22N2O2/c19-16(18-7-5-12-2-1-6-17-9-12)13-3-4-14-10-20-11-15(14)8-13/h3-4,8,12,17H,1-2,5-7,9-11H2,(H,18,19). The molecule has 0 radical (unpaired) electrons. The molecule has 4 nitrogen and oxygen atoms in total. The Bertz CT molecular complexity index is 481. The molecular weight excluding hydrogens is 252 g/mol. The van der Waals surface area contributed by atoms with Gasteiger partial charge in [-0.25, -0.2) is 0 Å². The van der Waals surface area contributed by atoms with Gasteiger partial charge in [-0.1, -0.05) is 6.07 Å². The molecule has 1 amide bonds. The summed E-state index contributed by atoms with van der Waals surface area (Å²) in [5, 5.41) is 6.44. The summed E-state index contributed by atoms with van der Waals surface area (Å²) >= 11 is 0. The van der Waals surface area contributed by atoms with Crippen LogP contribution in [-0.4, -0.2) is 25.5 Å². The molecule has 2 aliphatic heterocycles. The minimum absolute atomic E-state index is 0.0310. The number of amides is 1. The third kappa shape index (κ3) is 3.19. The van der Waals surface area contributed by atoms with Crippen LogP contribution in [0.5, 0.6) is 0 Å². The lowest BCUT2D eigenvalue weighted by molar-refractivity contribution is 0.0950. The van der Waals surface area contributed by atoms with E-state index in [0.29, 0.717) is 19.1 Å². The van der Waals surface area contributed by atoms with Crippen LogP contribution in [0.4, 0.5) is 0 Å². The van der Waals surface area contributed by atoms with E-state index in [1.54, 1.807) is 0 Å². The van der Waals surface area contributed by atoms with E-state index in [0.717, 1.165) is 37.2 Å². The van der Waals surface area contributed by atoms with E-state index < -0.39 is 0 Å². The fourth-order valence-corrected chi connectivity index (χ4v) is 2.98. The molecule has 3 rings (SSSR count). The molecule has 20 heavy (non-hydrogen) atoms. The molecular formula is C16H22N2O2. The van der Waals surface area contributed by atoms with Crippen LogP contribution in [0.1, 0.15) is 40.7 Å². The lowest BCUT2D eigenvalue weighted by atomic mass is 9.96. The van der Waals surface area contributed by atoms with E-state index in [1.165, 1.54) is 18.4 Å². The lowest BCUT2D eigenvalue weighted by Gasteiger charge is -2.22. The molecule has 1 aromatic carbocycles. The molecule has 1 fully saturated rings. The third-order valence-electron chi connectivity index (χ3n) is 4.22. The number of piperidine rings is 1. The van der Waals surface area contributed by atoms with Crippen LogP contribution in [0.2, 0.25) is 0 Å². The first kappa shape index (κ1) is 13.6. The Morgan fingerprint density at radius 1 is 1.35 bits per heavy atom. The molecule has 0 aromatic heterocycles. The first-order valence-corrected chi connectivity index (χ1v) is 7.51. The Hall–Kier alpha value is -1.39. The maximum atomic E-state index is 12.1. The van der Waals surface area contributed by atoms with Gasteiger partial charge in [0.05, 0.1) is 13.2 Å². The Morgan fingerprint density at radius 3 is 3.10 bits per heavy atom. The number of nitrogens with one attached hydrogen (secondary N) is 2. The van der Waals surface area contributed by atoms with Gasteiger partial charge < -0.3 is 15.4 Å². The minimum Gasteiger partial charge on any atom is -0.372 e. The largest absolute Gasteiger partial charge is 0.372 e. The summed E-state index contributed by atoms with van der Waals surface area (Å²) in [5.74, 6) is 0.737. The van der Waals surface area contributed by atoms with Crippen molar-refractivity contribution in [1.29, 1.82) is 0 Å². The first-order valence-electron chi connectivity index (χ1n) is 7.51. The second-order valence-corrected chi connectivity index (χ2v) is 5.73. The SMILES string of the molecule is O=C(NCCC1CCCNC1)c1ccc2c(c1)COC2. The number of rotatable bonds is 4. The number of ether oxygens (including phenoxy) is 1. The minimum atomic E-state index is 0.0310. The average molecular weight is 274 g/mol. The zero-order valence-electron chi connectivity index (χ0n) is 11.8. The summed E-state index contributed by atoms with van der Waals surface area (Å²) in [6.45, 7) is 4.29. The van der Waals surface area contributed by atoms with Gasteiger partial charge >= 0.3 is 0 Å². The van der Waals surface area contributed by atoms with E-state index in [9.17, 15) is 4.79 Å². The highest BCUT2D eigenvalue weighted by Crippen LogP contribution is 2.20. The molecule has 2 heterocycles. The number of hydrogen-bond donors (Lipinski definition) is 2. The van der Waals surface area contributed by atoms with Crippen LogP contribution in [0, 0.1) is 5.92 Å². The molecule has 4 heteroatoms. The van der Waals surface area contributed by atoms with Crippen molar-refractivity contribution in [2.45, 2.75) is 32.5 Å². The monoisotopic (exact) mass is 274 g/mol. The van der Waals surface area contributed by atoms with Gasteiger partial charge in [-0.05, 0) is 61.5 Å². The molecule has 0 bridgehead atoms. The summed E-state index contributed by atoms with van der Waals surface area (Å²) in [5.41, 5.74) is 3.10. The van der Waals surface area contributed by atoms with Crippen molar-refractivity contribution >= 4 is 5.91 Å². The van der Waals surface area contributed by atoms with Crippen LogP contribution in [-0.2, 0) is 18.0 Å². The zero-order valence-corrected chi connectivity index (χ0v) is 11.8. The quantitative estimate of drug-likeness (QED) is 0.881. The highest BCUT2D eigenvalue weighted by molar-refractivity contribution is 5.94. The van der Waals surface area contributed by atoms with E-state index >= 15 is 0 Å². The maximum absolute atomic E-state index is 12.1. The molecule has 2 aliphatic rings. The van der Waals surface area contributed by atoms with Crippen LogP contribution >= 0.6 is 0 Å². The Kier molecular flexibility index (Phi) is 4.33. The molecule has 2 N–H and O–H groups in total. The van der Waals surface area contributed by atoms with E-state index in [-0.39, 0.29) is 5.91 Å². The second-order valence-electron chi connectivity index (χ2n) is 5.73. The number of carbonyl (C=O) groups is 1. The second kappa shape index (κ2) is 6.37. The summed E-state index contributed by atoms with van der Waals surface area (Å²) in [7, 11) is 0. The number of hydrogen-bond acceptors (Lipinski definition) is 3. The van der Waals surface area contributed by atoms with Crippen molar-refractivity contribution in [3.05, 3.63) is 34.9 Å². The predicted octanol–water partition coefficient (Wildman–Crippen LogP) is 1.84. The van der Waals surface area contributed by atoms with Crippen molar-refractivity contribution < 1.29 is 9.53 Å². The van der Waals surface area contributed by atoms with Crippen LogP contribution in [0.25, 0.3) is 0 Å². The third-order valence-corrected chi connectivity index (χ3v) is 4.22. The predicted molar refractivity (Wildman–Crippen MR) is 77.5 cm³/mol. The Labute approximate surface area is 119 Å². The Balaban J connectivity index is 1.49. The van der Waals surface area contributed by atoms with Gasteiger partial charge in [0.1, 0.15) is 0 Å². The van der Waals surface area contributed by atoms with Gasteiger partial charge in [-0.3, -0.25) is 4.79 Å². The highest BCUT2D eigenvalue weighted by Gasteiger charge is 2.15. The van der Waals surface area contributed by atoms with Gasteiger partial charge in [0, 0.05) is 12.1 Å². The van der Waals surface area contributed by atoms with Crippen molar-refractivity contribution in [2.75, 3.05) is 19.6 Å². The van der Waals surface area contributed by atoms with Crippen LogP contribution in [0.3, 0.4) is 0 Å². The molecule has 1 atom stereocenters. The van der Waals surface area contributed by atoms with Gasteiger partial charge in [0.2, 0.25) is 0 Å². The molecule has 108 valence electrons. The van der Waals surface area contributed by atoms with E-state index in [2.05, 4.69) is 10.6 Å². The van der Waals surface area contributed by atoms with Crippen molar-refractivity contribution in [1.82, 2.24) is 10.6 Å². The summed E-state index contributed by atoms with van der Waals surface area (Å²) in [6, 6.07) is 5.85. The summed E-state index contributed by atoms with van der Waals surface area (Å²) in [6.07, 6.45) is 3.59. The zero-order chi connectivity index (χ0) is 13.8. The molecule has 1 saturated heterocycles. The van der Waals surface area contributed by atoms with Gasteiger partial charge in [0.15, 0.2) is 0 Å². The summed E-state index contributed by atoms with van der Waals surface area (Å²) in [4.78, 5) is 12.1. The van der Waals surface area contributed by atoms with Gasteiger partial charge in [-0.15, -0.1) is 0 Å². The molecule has 1 unspecified atom stereocenters. The number of carbonyl (C=O) groups excluding carboxylic acids is 1. The van der Waals surface area contributed by atoms with E-state index in [4.69, 9.17) is 4.74 Å². The fraction of sp³-hybridized carbons (Fsp3) is 0.562. The van der Waals surface area contributed by atoms with E-state index in [1.807, 2.05) is 18.2 Å². The highest BCUT2D eigenvalue weighted by atomic mass is 16.5. The van der Waals surface area contributed by atoms with Crippen molar-refractivity contribution in [2.24, 2.45) is 5.92 Å². The summed E-state index contributed by atoms with van der Waals surface area (Å²) < 4.78 is 5.37. The topological polar surface area (TPSA) is 50.4 Å². The number of benzene rings is 1. The molecule has 0 spiro atoms. The lowest BCUT2D eigenvalue weighted by Crippen LogP contribution is -2.33. The van der Waals surface area contributed by atoms with Crippen molar-refractivity contribution in [3.8, 4) is 0 Å². The van der Waals surface area contributed by atoms with Gasteiger partial charge in [-0.2, -0.15) is 0 Å². The normalized spacial score (nSPS) is 21.5.